The topological polar surface area (TPSA) is 136 Å². The smallest absolute Gasteiger partial charge is 0.380 e. The number of hydrogen-bond acceptors (Lipinski definition) is 6. The quantitative estimate of drug-likeness (QED) is 0.199. The number of aromatic nitrogens is 2. The lowest BCUT2D eigenvalue weighted by Crippen LogP contribution is -2.15. The van der Waals surface area contributed by atoms with E-state index in [-0.39, 0.29) is 17.2 Å². The second-order valence-electron chi connectivity index (χ2n) is 3.75. The highest BCUT2D eigenvalue weighted by atomic mass is 127. The van der Waals surface area contributed by atoms with Crippen LogP contribution in [0.15, 0.2) is 35.6 Å². The van der Waals surface area contributed by atoms with Crippen molar-refractivity contribution in [2.75, 3.05) is 0 Å². The average Bonchev–Trinajstić information content (AvgIpc) is 2.90. The molecule has 0 bridgehead atoms. The second kappa shape index (κ2) is 6.30. The van der Waals surface area contributed by atoms with Crippen LogP contribution in [-0.2, 0) is 4.84 Å². The van der Waals surface area contributed by atoms with Gasteiger partial charge in [0.1, 0.15) is 0 Å². The number of rotatable bonds is 4. The number of nitrogens with one attached hydrogen (secondary N) is 1. The number of nitro groups is 1. The Morgan fingerprint density at radius 2 is 2.10 bits per heavy atom. The summed E-state index contributed by atoms with van der Waals surface area (Å²) in [5.74, 6) is -0.811. The molecule has 21 heavy (non-hydrogen) atoms. The first-order chi connectivity index (χ1) is 9.99. The maximum Gasteiger partial charge on any atom is 0.384 e. The fraction of sp³-hybridized carbons (Fsp3) is 0. The van der Waals surface area contributed by atoms with Crippen molar-refractivity contribution in [3.8, 4) is 0 Å². The molecule has 0 fully saturated rings. The Morgan fingerprint density at radius 1 is 1.43 bits per heavy atom. The molecule has 3 N–H and O–H groups in total. The van der Waals surface area contributed by atoms with Crippen molar-refractivity contribution in [1.29, 1.82) is 0 Å². The van der Waals surface area contributed by atoms with Crippen LogP contribution >= 0.6 is 22.6 Å². The summed E-state index contributed by atoms with van der Waals surface area (Å²) in [7, 11) is 0. The Hall–Kier alpha value is -2.50. The van der Waals surface area contributed by atoms with Crippen LogP contribution in [0.4, 0.5) is 5.69 Å². The van der Waals surface area contributed by atoms with Crippen LogP contribution in [0.5, 0.6) is 0 Å². The Labute approximate surface area is 131 Å². The van der Waals surface area contributed by atoms with E-state index in [1.807, 2.05) is 22.6 Å². The number of non-ortho nitro benzene ring substituents is 1. The standard InChI is InChI=1S/C11H8IN5O4/c12-8-5-14-15-9(8)11(18)21-16-10(13)6-1-3-7(4-2-6)17(19)20/h1-5H,(H2,13,16)(H,14,15). The molecule has 0 aliphatic carbocycles. The molecule has 0 spiro atoms. The number of carbonyl (C=O) groups excluding carboxylic acids is 1. The van der Waals surface area contributed by atoms with Crippen molar-refractivity contribution >= 4 is 40.1 Å². The number of aromatic amines is 1. The number of benzene rings is 1. The van der Waals surface area contributed by atoms with Crippen molar-refractivity contribution in [1.82, 2.24) is 10.2 Å². The van der Waals surface area contributed by atoms with Crippen molar-refractivity contribution in [2.45, 2.75) is 0 Å². The molecule has 1 aromatic carbocycles. The molecule has 2 aromatic rings. The highest BCUT2D eigenvalue weighted by Crippen LogP contribution is 2.12. The van der Waals surface area contributed by atoms with E-state index in [1.54, 1.807) is 0 Å². The van der Waals surface area contributed by atoms with Gasteiger partial charge in [0.2, 0.25) is 0 Å². The van der Waals surface area contributed by atoms with Crippen LogP contribution in [0.1, 0.15) is 16.1 Å². The number of oxime groups is 1. The number of nitrogens with two attached hydrogens (primary N) is 1. The molecule has 2 rings (SSSR count). The molecule has 10 heteroatoms. The third kappa shape index (κ3) is 3.53. The molecule has 1 heterocycles. The van der Waals surface area contributed by atoms with Gasteiger partial charge in [-0.2, -0.15) is 5.10 Å². The minimum Gasteiger partial charge on any atom is -0.380 e. The third-order valence-electron chi connectivity index (χ3n) is 2.40. The first-order valence-corrected chi connectivity index (χ1v) is 6.55. The van der Waals surface area contributed by atoms with Crippen LogP contribution in [0.2, 0.25) is 0 Å². The van der Waals surface area contributed by atoms with Gasteiger partial charge in [-0.05, 0) is 34.7 Å². The molecular formula is C11H8IN5O4. The van der Waals surface area contributed by atoms with Crippen molar-refractivity contribution in [3.05, 3.63) is 55.4 Å². The van der Waals surface area contributed by atoms with E-state index in [0.29, 0.717) is 9.13 Å². The molecule has 0 saturated heterocycles. The lowest BCUT2D eigenvalue weighted by atomic mass is 10.2. The number of carbonyl (C=O) groups is 1. The van der Waals surface area contributed by atoms with E-state index in [2.05, 4.69) is 20.2 Å². The molecule has 0 atom stereocenters. The number of amidine groups is 1. The number of halogens is 1. The Kier molecular flexibility index (Phi) is 4.47. The van der Waals surface area contributed by atoms with Crippen LogP contribution < -0.4 is 5.73 Å². The molecule has 0 aliphatic heterocycles. The number of nitro benzene ring substituents is 1. The number of H-pyrrole nitrogens is 1. The molecular weight excluding hydrogens is 393 g/mol. The molecule has 108 valence electrons. The summed E-state index contributed by atoms with van der Waals surface area (Å²) in [5, 5.41) is 20.2. The van der Waals surface area contributed by atoms with Gasteiger partial charge in [0.25, 0.3) is 5.69 Å². The molecule has 1 aromatic heterocycles. The largest absolute Gasteiger partial charge is 0.384 e. The zero-order valence-electron chi connectivity index (χ0n) is 10.3. The van der Waals surface area contributed by atoms with Gasteiger partial charge in [-0.3, -0.25) is 15.2 Å². The van der Waals surface area contributed by atoms with Gasteiger partial charge in [-0.15, -0.1) is 0 Å². The van der Waals surface area contributed by atoms with Gasteiger partial charge in [0.05, 0.1) is 14.7 Å². The first-order valence-electron chi connectivity index (χ1n) is 5.47. The van der Waals surface area contributed by atoms with Crippen LogP contribution in [-0.4, -0.2) is 26.9 Å². The van der Waals surface area contributed by atoms with E-state index in [0.717, 1.165) is 0 Å². The summed E-state index contributed by atoms with van der Waals surface area (Å²) < 4.78 is 0.585. The monoisotopic (exact) mass is 401 g/mol. The molecule has 0 unspecified atom stereocenters. The minimum absolute atomic E-state index is 0.0736. The van der Waals surface area contributed by atoms with Gasteiger partial charge >= 0.3 is 5.97 Å². The SMILES string of the molecule is N/C(=N\OC(=O)c1[nH]ncc1I)c1ccc([N+](=O)[O-])cc1. The van der Waals surface area contributed by atoms with Crippen LogP contribution in [0.25, 0.3) is 0 Å². The fourth-order valence-corrected chi connectivity index (χ4v) is 1.84. The minimum atomic E-state index is -0.734. The summed E-state index contributed by atoms with van der Waals surface area (Å²) in [5.41, 5.74) is 6.12. The van der Waals surface area contributed by atoms with E-state index < -0.39 is 10.9 Å². The fourth-order valence-electron chi connectivity index (χ4n) is 1.36. The van der Waals surface area contributed by atoms with Crippen molar-refractivity contribution in [2.24, 2.45) is 10.9 Å². The average molecular weight is 401 g/mol. The van der Waals surface area contributed by atoms with Gasteiger partial charge in [-0.25, -0.2) is 4.79 Å². The molecule has 0 aliphatic rings. The zero-order valence-corrected chi connectivity index (χ0v) is 12.5. The third-order valence-corrected chi connectivity index (χ3v) is 3.22. The predicted molar refractivity (Wildman–Crippen MR) is 80.5 cm³/mol. The number of nitrogens with zero attached hydrogens (tertiary/aromatic N) is 3. The zero-order chi connectivity index (χ0) is 15.4. The number of hydrogen-bond donors (Lipinski definition) is 2. The van der Waals surface area contributed by atoms with Crippen molar-refractivity contribution in [3.63, 3.8) is 0 Å². The Balaban J connectivity index is 2.09. The molecule has 0 radical (unpaired) electrons. The maximum atomic E-state index is 11.7. The summed E-state index contributed by atoms with van der Waals surface area (Å²) in [6.07, 6.45) is 1.46. The second-order valence-corrected chi connectivity index (χ2v) is 4.91. The highest BCUT2D eigenvalue weighted by Gasteiger charge is 2.14. The van der Waals surface area contributed by atoms with Crippen LogP contribution in [0, 0.1) is 13.7 Å². The Morgan fingerprint density at radius 3 is 2.62 bits per heavy atom. The molecule has 0 amide bonds. The van der Waals surface area contributed by atoms with Gasteiger partial charge in [0, 0.05) is 17.7 Å². The summed E-state index contributed by atoms with van der Waals surface area (Å²) in [4.78, 5) is 26.3. The highest BCUT2D eigenvalue weighted by molar-refractivity contribution is 14.1. The summed E-state index contributed by atoms with van der Waals surface area (Å²) in [6, 6.07) is 5.37. The summed E-state index contributed by atoms with van der Waals surface area (Å²) in [6.45, 7) is 0. The Bertz CT molecular complexity index is 710. The maximum absolute atomic E-state index is 11.7. The summed E-state index contributed by atoms with van der Waals surface area (Å²) >= 11 is 1.91. The van der Waals surface area contributed by atoms with Crippen LogP contribution in [0.3, 0.4) is 0 Å². The van der Waals surface area contributed by atoms with E-state index in [4.69, 9.17) is 5.73 Å². The van der Waals surface area contributed by atoms with Gasteiger partial charge < -0.3 is 10.6 Å². The van der Waals surface area contributed by atoms with E-state index >= 15 is 0 Å². The molecule has 9 nitrogen and oxygen atoms in total. The first kappa shape index (κ1) is 14.9. The van der Waals surface area contributed by atoms with E-state index in [9.17, 15) is 14.9 Å². The predicted octanol–water partition coefficient (Wildman–Crippen LogP) is 1.40. The van der Waals surface area contributed by atoms with Crippen molar-refractivity contribution < 1.29 is 14.6 Å². The molecule has 0 saturated carbocycles. The van der Waals surface area contributed by atoms with Gasteiger partial charge in [0.15, 0.2) is 11.5 Å². The lowest BCUT2D eigenvalue weighted by Gasteiger charge is -2.00. The lowest BCUT2D eigenvalue weighted by molar-refractivity contribution is -0.384. The van der Waals surface area contributed by atoms with Gasteiger partial charge in [-0.1, -0.05) is 5.16 Å². The van der Waals surface area contributed by atoms with E-state index in [1.165, 1.54) is 30.5 Å². The normalized spacial score (nSPS) is 11.2.